The number of benzene rings is 9. The molecule has 0 amide bonds. The zero-order valence-electron chi connectivity index (χ0n) is 26.7. The molecular weight excluding hydrogens is 609 g/mol. The van der Waals surface area contributed by atoms with Gasteiger partial charge in [0.15, 0.2) is 0 Å². The standard InChI is InChI=1S/C48H30S/c1-2-13-31(14-3-1)33-16-10-18-35(29-33)45-39-21-6-8-23-41(39)46(42-24-9-7-22-40(42)45)36-19-11-17-34(30-36)37-25-12-26-44-47(37)43-28-27-32-15-4-5-20-38(32)48(43)49-44/h1-30H. The van der Waals surface area contributed by atoms with Gasteiger partial charge in [-0.2, -0.15) is 0 Å². The molecule has 0 spiro atoms. The highest BCUT2D eigenvalue weighted by molar-refractivity contribution is 7.26. The van der Waals surface area contributed by atoms with Gasteiger partial charge in [-0.25, -0.2) is 0 Å². The second-order valence-corrected chi connectivity index (χ2v) is 13.9. The van der Waals surface area contributed by atoms with Crippen LogP contribution in [0.2, 0.25) is 0 Å². The van der Waals surface area contributed by atoms with Crippen LogP contribution in [0.25, 0.3) is 97.0 Å². The lowest BCUT2D eigenvalue weighted by atomic mass is 9.85. The summed E-state index contributed by atoms with van der Waals surface area (Å²) in [6, 6.07) is 66.9. The van der Waals surface area contributed by atoms with Crippen molar-refractivity contribution < 1.29 is 0 Å². The van der Waals surface area contributed by atoms with Gasteiger partial charge in [-0.1, -0.05) is 164 Å². The first kappa shape index (κ1) is 28.0. The third kappa shape index (κ3) is 4.51. The van der Waals surface area contributed by atoms with Crippen molar-refractivity contribution >= 4 is 63.8 Å². The van der Waals surface area contributed by atoms with E-state index in [0.717, 1.165) is 0 Å². The van der Waals surface area contributed by atoms with Crippen LogP contribution >= 0.6 is 11.3 Å². The fourth-order valence-corrected chi connectivity index (χ4v) is 9.14. The van der Waals surface area contributed by atoms with Crippen LogP contribution in [0, 0.1) is 0 Å². The molecule has 0 aliphatic rings. The fourth-order valence-electron chi connectivity index (χ4n) is 7.87. The van der Waals surface area contributed by atoms with E-state index in [4.69, 9.17) is 0 Å². The highest BCUT2D eigenvalue weighted by atomic mass is 32.1. The maximum absolute atomic E-state index is 2.41. The first-order chi connectivity index (χ1) is 24.3. The fraction of sp³-hybridized carbons (Fsp3) is 0. The van der Waals surface area contributed by atoms with Crippen LogP contribution in [0.1, 0.15) is 0 Å². The van der Waals surface area contributed by atoms with Gasteiger partial charge in [0, 0.05) is 20.2 Å². The molecule has 0 aliphatic carbocycles. The van der Waals surface area contributed by atoms with Gasteiger partial charge in [-0.05, 0) is 95.0 Å². The molecule has 0 aliphatic heterocycles. The first-order valence-electron chi connectivity index (χ1n) is 16.8. The minimum absolute atomic E-state index is 1.23. The van der Waals surface area contributed by atoms with Crippen LogP contribution in [0.3, 0.4) is 0 Å². The van der Waals surface area contributed by atoms with E-state index in [2.05, 4.69) is 182 Å². The second-order valence-electron chi connectivity index (χ2n) is 12.8. The summed E-state index contributed by atoms with van der Waals surface area (Å²) < 4.78 is 2.69. The Bertz CT molecular complexity index is 2820. The van der Waals surface area contributed by atoms with Gasteiger partial charge in [0.25, 0.3) is 0 Å². The number of hydrogen-bond acceptors (Lipinski definition) is 1. The Morgan fingerprint density at radius 1 is 0.306 bits per heavy atom. The normalized spacial score (nSPS) is 11.7. The van der Waals surface area contributed by atoms with Gasteiger partial charge in [-0.3, -0.25) is 0 Å². The molecule has 0 saturated carbocycles. The van der Waals surface area contributed by atoms with Gasteiger partial charge in [0.05, 0.1) is 0 Å². The third-order valence-electron chi connectivity index (χ3n) is 10.0. The van der Waals surface area contributed by atoms with Gasteiger partial charge < -0.3 is 0 Å². The van der Waals surface area contributed by atoms with Crippen molar-refractivity contribution in [2.24, 2.45) is 0 Å². The van der Waals surface area contributed by atoms with Gasteiger partial charge in [-0.15, -0.1) is 11.3 Å². The zero-order valence-corrected chi connectivity index (χ0v) is 27.5. The predicted octanol–water partition coefficient (Wildman–Crippen LogP) is 14.2. The number of thiophene rings is 1. The quantitative estimate of drug-likeness (QED) is 0.168. The van der Waals surface area contributed by atoms with Crippen LogP contribution < -0.4 is 0 Å². The summed E-state index contributed by atoms with van der Waals surface area (Å²) in [6.45, 7) is 0. The molecule has 0 atom stereocenters. The summed E-state index contributed by atoms with van der Waals surface area (Å²) in [5.74, 6) is 0. The Labute approximate surface area is 289 Å². The monoisotopic (exact) mass is 638 g/mol. The van der Waals surface area contributed by atoms with Crippen molar-refractivity contribution in [3.05, 3.63) is 182 Å². The lowest BCUT2D eigenvalue weighted by Gasteiger charge is -2.18. The molecule has 0 saturated heterocycles. The van der Waals surface area contributed by atoms with E-state index >= 15 is 0 Å². The molecular formula is C48H30S. The molecule has 0 fully saturated rings. The Hall–Kier alpha value is -6.02. The van der Waals surface area contributed by atoms with Gasteiger partial charge in [0.1, 0.15) is 0 Å². The van der Waals surface area contributed by atoms with Gasteiger partial charge >= 0.3 is 0 Å². The highest BCUT2D eigenvalue weighted by Crippen LogP contribution is 2.46. The van der Waals surface area contributed by atoms with E-state index in [0.29, 0.717) is 0 Å². The predicted molar refractivity (Wildman–Crippen MR) is 214 cm³/mol. The first-order valence-corrected chi connectivity index (χ1v) is 17.7. The summed E-state index contributed by atoms with van der Waals surface area (Å²) in [7, 11) is 0. The lowest BCUT2D eigenvalue weighted by Crippen LogP contribution is -1.91. The van der Waals surface area contributed by atoms with Crippen molar-refractivity contribution in [1.82, 2.24) is 0 Å². The van der Waals surface area contributed by atoms with E-state index in [1.54, 1.807) is 0 Å². The van der Waals surface area contributed by atoms with Crippen LogP contribution in [0.4, 0.5) is 0 Å². The smallest absolute Gasteiger partial charge is 0.0434 e. The molecule has 10 aromatic rings. The number of hydrogen-bond donors (Lipinski definition) is 0. The van der Waals surface area contributed by atoms with Crippen molar-refractivity contribution in [1.29, 1.82) is 0 Å². The molecule has 49 heavy (non-hydrogen) atoms. The molecule has 0 N–H and O–H groups in total. The Morgan fingerprint density at radius 3 is 1.49 bits per heavy atom. The van der Waals surface area contributed by atoms with Crippen LogP contribution in [-0.4, -0.2) is 0 Å². The summed E-state index contributed by atoms with van der Waals surface area (Å²) in [5.41, 5.74) is 10.0. The summed E-state index contributed by atoms with van der Waals surface area (Å²) >= 11 is 1.90. The molecule has 1 heteroatoms. The van der Waals surface area contributed by atoms with Crippen molar-refractivity contribution in [3.63, 3.8) is 0 Å². The highest BCUT2D eigenvalue weighted by Gasteiger charge is 2.18. The van der Waals surface area contributed by atoms with Crippen molar-refractivity contribution in [2.45, 2.75) is 0 Å². The Morgan fingerprint density at radius 2 is 0.816 bits per heavy atom. The van der Waals surface area contributed by atoms with Crippen molar-refractivity contribution in [2.75, 3.05) is 0 Å². The topological polar surface area (TPSA) is 0 Å². The molecule has 10 rings (SSSR count). The summed E-state index contributed by atoms with van der Waals surface area (Å²) in [5, 5.41) is 10.4. The minimum atomic E-state index is 1.23. The maximum Gasteiger partial charge on any atom is 0.0434 e. The molecule has 0 bridgehead atoms. The molecule has 0 unspecified atom stereocenters. The zero-order chi connectivity index (χ0) is 32.3. The molecule has 0 radical (unpaired) electrons. The van der Waals surface area contributed by atoms with Gasteiger partial charge in [0.2, 0.25) is 0 Å². The van der Waals surface area contributed by atoms with Crippen molar-refractivity contribution in [3.8, 4) is 44.5 Å². The SMILES string of the molecule is c1ccc(-c2cccc(-c3c4ccccc4c(-c4cccc(-c5cccc6sc7c8ccccc8ccc7c56)c4)c4ccccc34)c2)cc1. The average Bonchev–Trinajstić information content (AvgIpc) is 3.57. The summed E-state index contributed by atoms with van der Waals surface area (Å²) in [6.07, 6.45) is 0. The van der Waals surface area contributed by atoms with E-state index in [1.807, 2.05) is 11.3 Å². The van der Waals surface area contributed by atoms with E-state index in [-0.39, 0.29) is 0 Å². The van der Waals surface area contributed by atoms with E-state index in [1.165, 1.54) is 97.0 Å². The molecule has 228 valence electrons. The van der Waals surface area contributed by atoms with Crippen LogP contribution in [0.5, 0.6) is 0 Å². The van der Waals surface area contributed by atoms with E-state index < -0.39 is 0 Å². The number of rotatable bonds is 4. The van der Waals surface area contributed by atoms with E-state index in [9.17, 15) is 0 Å². The average molecular weight is 639 g/mol. The van der Waals surface area contributed by atoms with Crippen LogP contribution in [-0.2, 0) is 0 Å². The van der Waals surface area contributed by atoms with Crippen LogP contribution in [0.15, 0.2) is 182 Å². The summed E-state index contributed by atoms with van der Waals surface area (Å²) in [4.78, 5) is 0. The lowest BCUT2D eigenvalue weighted by molar-refractivity contribution is 1.61. The molecule has 1 heterocycles. The third-order valence-corrected chi connectivity index (χ3v) is 11.2. The largest absolute Gasteiger partial charge is 0.135 e. The Kier molecular flexibility index (Phi) is 6.47. The molecule has 1 aromatic heterocycles. The Balaban J connectivity index is 1.20. The molecule has 9 aromatic carbocycles. The second kappa shape index (κ2) is 11.3. The maximum atomic E-state index is 2.41. The number of fused-ring (bicyclic) bond motifs is 7. The minimum Gasteiger partial charge on any atom is -0.135 e. The molecule has 0 nitrogen and oxygen atoms in total.